The molecule has 5 nitrogen and oxygen atoms in total. The van der Waals surface area contributed by atoms with Gasteiger partial charge in [0.25, 0.3) is 0 Å². The maximum Gasteiger partial charge on any atom is 0.371 e. The Kier molecular flexibility index (Phi) is 2.14. The van der Waals surface area contributed by atoms with Crippen LogP contribution < -0.4 is 5.32 Å². The highest BCUT2D eigenvalue weighted by Crippen LogP contribution is 2.12. The summed E-state index contributed by atoms with van der Waals surface area (Å²) in [5.41, 5.74) is 0.347. The van der Waals surface area contributed by atoms with Gasteiger partial charge in [-0.25, -0.2) is 4.79 Å². The predicted octanol–water partition coefficient (Wildman–Crippen LogP) is 0.936. The molecule has 0 fully saturated rings. The van der Waals surface area contributed by atoms with Crippen LogP contribution in [-0.4, -0.2) is 17.0 Å². The lowest BCUT2D eigenvalue weighted by Crippen LogP contribution is -2.04. The standard InChI is InChI=1S/C7H7NO4/c1-4(9)8-5-2-6(7(10)11)12-3-5/h2-3H,1H3,(H,8,9)(H,10,11). The third-order valence-electron chi connectivity index (χ3n) is 1.13. The predicted molar refractivity (Wildman–Crippen MR) is 40.0 cm³/mol. The Balaban J connectivity index is 2.77. The number of hydrogen-bond donors (Lipinski definition) is 2. The smallest absolute Gasteiger partial charge is 0.371 e. The number of carboxylic acids is 1. The highest BCUT2D eigenvalue weighted by atomic mass is 16.4. The van der Waals surface area contributed by atoms with Crippen molar-refractivity contribution in [2.24, 2.45) is 0 Å². The van der Waals surface area contributed by atoms with E-state index in [2.05, 4.69) is 9.73 Å². The summed E-state index contributed by atoms with van der Waals surface area (Å²) in [6.45, 7) is 1.33. The van der Waals surface area contributed by atoms with Crippen LogP contribution in [0.3, 0.4) is 0 Å². The van der Waals surface area contributed by atoms with Gasteiger partial charge in [-0.1, -0.05) is 0 Å². The number of anilines is 1. The fourth-order valence-corrected chi connectivity index (χ4v) is 0.717. The van der Waals surface area contributed by atoms with Crippen LogP contribution in [0.4, 0.5) is 5.69 Å². The SMILES string of the molecule is CC(=O)Nc1coc(C(=O)O)c1. The first-order chi connectivity index (χ1) is 5.59. The van der Waals surface area contributed by atoms with Gasteiger partial charge in [0, 0.05) is 13.0 Å². The van der Waals surface area contributed by atoms with E-state index in [0.29, 0.717) is 5.69 Å². The molecule has 1 amide bonds. The zero-order valence-electron chi connectivity index (χ0n) is 6.33. The molecule has 0 spiro atoms. The van der Waals surface area contributed by atoms with Crippen molar-refractivity contribution in [3.05, 3.63) is 18.1 Å². The summed E-state index contributed by atoms with van der Waals surface area (Å²) in [7, 11) is 0. The molecule has 0 aromatic carbocycles. The molecule has 0 aliphatic heterocycles. The lowest BCUT2D eigenvalue weighted by molar-refractivity contribution is -0.114. The van der Waals surface area contributed by atoms with Gasteiger partial charge >= 0.3 is 5.97 Å². The van der Waals surface area contributed by atoms with E-state index in [1.165, 1.54) is 19.3 Å². The second-order valence-corrected chi connectivity index (χ2v) is 2.19. The van der Waals surface area contributed by atoms with Crippen LogP contribution in [0, 0.1) is 0 Å². The first-order valence-corrected chi connectivity index (χ1v) is 3.19. The molecule has 0 aliphatic carbocycles. The number of hydrogen-bond acceptors (Lipinski definition) is 3. The monoisotopic (exact) mass is 169 g/mol. The molecule has 1 rings (SSSR count). The van der Waals surface area contributed by atoms with Crippen LogP contribution in [-0.2, 0) is 4.79 Å². The van der Waals surface area contributed by atoms with Crippen LogP contribution in [0.5, 0.6) is 0 Å². The first kappa shape index (κ1) is 8.32. The van der Waals surface area contributed by atoms with Crippen LogP contribution in [0.15, 0.2) is 16.7 Å². The Bertz CT molecular complexity index is 315. The van der Waals surface area contributed by atoms with E-state index >= 15 is 0 Å². The maximum atomic E-state index is 10.5. The highest BCUT2D eigenvalue weighted by Gasteiger charge is 2.08. The minimum Gasteiger partial charge on any atom is -0.475 e. The van der Waals surface area contributed by atoms with Gasteiger partial charge in [0.1, 0.15) is 6.26 Å². The van der Waals surface area contributed by atoms with Gasteiger partial charge in [0.05, 0.1) is 5.69 Å². The normalized spacial score (nSPS) is 9.42. The summed E-state index contributed by atoms with van der Waals surface area (Å²) in [4.78, 5) is 20.8. The van der Waals surface area contributed by atoms with Crippen molar-refractivity contribution in [2.45, 2.75) is 6.92 Å². The van der Waals surface area contributed by atoms with E-state index in [9.17, 15) is 9.59 Å². The van der Waals surface area contributed by atoms with E-state index in [-0.39, 0.29) is 11.7 Å². The summed E-state index contributed by atoms with van der Waals surface area (Å²) < 4.78 is 4.61. The molecule has 1 aromatic rings. The van der Waals surface area contributed by atoms with Crippen LogP contribution in [0.25, 0.3) is 0 Å². The van der Waals surface area contributed by atoms with E-state index in [1.54, 1.807) is 0 Å². The van der Waals surface area contributed by atoms with Gasteiger partial charge in [-0.3, -0.25) is 4.79 Å². The molecule has 5 heteroatoms. The molecule has 0 atom stereocenters. The minimum atomic E-state index is -1.16. The molecule has 0 unspecified atom stereocenters. The van der Waals surface area contributed by atoms with Crippen LogP contribution in [0.1, 0.15) is 17.5 Å². The molecule has 64 valence electrons. The molecule has 0 aliphatic rings. The van der Waals surface area contributed by atoms with Crippen molar-refractivity contribution in [3.63, 3.8) is 0 Å². The first-order valence-electron chi connectivity index (χ1n) is 3.19. The van der Waals surface area contributed by atoms with Gasteiger partial charge in [-0.05, 0) is 0 Å². The fourth-order valence-electron chi connectivity index (χ4n) is 0.717. The summed E-state index contributed by atoms with van der Waals surface area (Å²) in [6.07, 6.45) is 1.17. The van der Waals surface area contributed by atoms with Gasteiger partial charge in [-0.2, -0.15) is 0 Å². The average molecular weight is 169 g/mol. The third kappa shape index (κ3) is 1.85. The number of rotatable bonds is 2. The molecule has 0 saturated carbocycles. The number of carboxylic acid groups (broad SMARTS) is 1. The van der Waals surface area contributed by atoms with Gasteiger partial charge in [0.15, 0.2) is 0 Å². The maximum absolute atomic E-state index is 10.5. The van der Waals surface area contributed by atoms with Crippen LogP contribution in [0.2, 0.25) is 0 Å². The molecular formula is C7H7NO4. The fraction of sp³-hybridized carbons (Fsp3) is 0.143. The Morgan fingerprint density at radius 2 is 2.25 bits per heavy atom. The van der Waals surface area contributed by atoms with Gasteiger partial charge in [0.2, 0.25) is 11.7 Å². The Morgan fingerprint density at radius 1 is 1.58 bits per heavy atom. The Hall–Kier alpha value is -1.78. The summed E-state index contributed by atoms with van der Waals surface area (Å²) in [5.74, 6) is -1.63. The Morgan fingerprint density at radius 3 is 2.67 bits per heavy atom. The number of nitrogens with one attached hydrogen (secondary N) is 1. The largest absolute Gasteiger partial charge is 0.475 e. The average Bonchev–Trinajstić information content (AvgIpc) is 2.34. The van der Waals surface area contributed by atoms with E-state index in [0.717, 1.165) is 0 Å². The molecule has 0 saturated heterocycles. The second-order valence-electron chi connectivity index (χ2n) is 2.19. The third-order valence-corrected chi connectivity index (χ3v) is 1.13. The summed E-state index contributed by atoms with van der Waals surface area (Å²) in [5, 5.41) is 10.8. The summed E-state index contributed by atoms with van der Waals surface area (Å²) in [6, 6.07) is 1.24. The van der Waals surface area contributed by atoms with E-state index in [4.69, 9.17) is 5.11 Å². The zero-order valence-corrected chi connectivity index (χ0v) is 6.33. The van der Waals surface area contributed by atoms with Gasteiger partial charge < -0.3 is 14.8 Å². The van der Waals surface area contributed by atoms with Crippen molar-refractivity contribution in [1.29, 1.82) is 0 Å². The number of amides is 1. The quantitative estimate of drug-likeness (QED) is 0.690. The second kappa shape index (κ2) is 3.08. The number of aromatic carboxylic acids is 1. The van der Waals surface area contributed by atoms with Crippen molar-refractivity contribution < 1.29 is 19.1 Å². The number of carbonyl (C=O) groups is 2. The molecular weight excluding hydrogens is 162 g/mol. The molecule has 0 bridgehead atoms. The van der Waals surface area contributed by atoms with E-state index in [1.807, 2.05) is 0 Å². The number of carbonyl (C=O) groups excluding carboxylic acids is 1. The molecule has 1 aromatic heterocycles. The topological polar surface area (TPSA) is 79.5 Å². The van der Waals surface area contributed by atoms with Crippen molar-refractivity contribution in [3.8, 4) is 0 Å². The van der Waals surface area contributed by atoms with Crippen LogP contribution >= 0.6 is 0 Å². The Labute approximate surface area is 68.0 Å². The molecule has 1 heterocycles. The van der Waals surface area contributed by atoms with Gasteiger partial charge in [-0.15, -0.1) is 0 Å². The van der Waals surface area contributed by atoms with Crippen molar-refractivity contribution in [1.82, 2.24) is 0 Å². The zero-order chi connectivity index (χ0) is 9.14. The summed E-state index contributed by atoms with van der Waals surface area (Å²) >= 11 is 0. The van der Waals surface area contributed by atoms with Crippen molar-refractivity contribution in [2.75, 3.05) is 5.32 Å². The molecule has 0 radical (unpaired) electrons. The number of furan rings is 1. The van der Waals surface area contributed by atoms with Crippen molar-refractivity contribution >= 4 is 17.6 Å². The lowest BCUT2D eigenvalue weighted by atomic mass is 10.4. The van der Waals surface area contributed by atoms with E-state index < -0.39 is 5.97 Å². The lowest BCUT2D eigenvalue weighted by Gasteiger charge is -1.92. The molecule has 12 heavy (non-hydrogen) atoms. The minimum absolute atomic E-state index is 0.196. The molecule has 2 N–H and O–H groups in total. The highest BCUT2D eigenvalue weighted by molar-refractivity contribution is 5.91.